The maximum Gasteiger partial charge on any atom is 0.333 e. The Morgan fingerprint density at radius 1 is 1.12 bits per heavy atom. The van der Waals surface area contributed by atoms with E-state index >= 15 is 0 Å². The number of rotatable bonds is 14. The summed E-state index contributed by atoms with van der Waals surface area (Å²) in [4.78, 5) is 35.2. The van der Waals surface area contributed by atoms with E-state index in [1.54, 1.807) is 30.3 Å². The van der Waals surface area contributed by atoms with Crippen LogP contribution in [-0.2, 0) is 33.4 Å². The van der Waals surface area contributed by atoms with E-state index < -0.39 is 51.5 Å². The molecule has 0 saturated carbocycles. The number of aliphatic carboxylic acids is 1. The van der Waals surface area contributed by atoms with Crippen LogP contribution in [0.5, 0.6) is 0 Å². The molecule has 1 amide bonds. The number of aliphatic hydroxyl groups excluding tert-OH is 1. The van der Waals surface area contributed by atoms with Gasteiger partial charge < -0.3 is 20.3 Å². The minimum atomic E-state index is -4.28. The molecule has 0 radical (unpaired) electrons. The van der Waals surface area contributed by atoms with E-state index in [1.165, 1.54) is 20.8 Å². The Hall–Kier alpha value is -2.50. The zero-order chi connectivity index (χ0) is 26.1. The van der Waals surface area contributed by atoms with Gasteiger partial charge in [0.2, 0.25) is 5.91 Å². The number of aliphatic hydroxyl groups is 1. The van der Waals surface area contributed by atoms with Crippen molar-refractivity contribution in [1.29, 1.82) is 0 Å². The van der Waals surface area contributed by atoms with Crippen LogP contribution >= 0.6 is 0 Å². The second-order valence-electron chi connectivity index (χ2n) is 9.10. The van der Waals surface area contributed by atoms with Gasteiger partial charge in [-0.1, -0.05) is 58.0 Å². The molecule has 192 valence electrons. The summed E-state index contributed by atoms with van der Waals surface area (Å²) >= 11 is 0. The molecule has 0 aliphatic heterocycles. The van der Waals surface area contributed by atoms with Crippen molar-refractivity contribution in [2.75, 3.05) is 12.3 Å². The molecule has 0 aliphatic rings. The van der Waals surface area contributed by atoms with Gasteiger partial charge in [-0.25, -0.2) is 4.79 Å². The maximum atomic E-state index is 12.8. The van der Waals surface area contributed by atoms with Crippen LogP contribution < -0.4 is 5.32 Å². The number of hydrogen-bond donors (Lipinski definition) is 3. The molecule has 11 heteroatoms. The molecule has 34 heavy (non-hydrogen) atoms. The van der Waals surface area contributed by atoms with Crippen molar-refractivity contribution in [3.05, 3.63) is 35.9 Å². The van der Waals surface area contributed by atoms with Crippen LogP contribution in [0.1, 0.15) is 59.1 Å². The number of benzene rings is 1. The summed E-state index contributed by atoms with van der Waals surface area (Å²) in [7, 11) is -4.28. The van der Waals surface area contributed by atoms with Crippen LogP contribution in [-0.4, -0.2) is 61.0 Å². The number of carbonyl (C=O) groups excluding carboxylic acids is 2. The highest BCUT2D eigenvalue weighted by Crippen LogP contribution is 2.40. The van der Waals surface area contributed by atoms with E-state index in [2.05, 4.69) is 5.32 Å². The summed E-state index contributed by atoms with van der Waals surface area (Å²) in [5.41, 5.74) is -1.32. The fourth-order valence-electron chi connectivity index (χ4n) is 3.23. The average molecular weight is 502 g/mol. The third-order valence-corrected chi connectivity index (χ3v) is 6.39. The normalized spacial score (nSPS) is 14.8. The first-order valence-corrected chi connectivity index (χ1v) is 12.6. The lowest BCUT2D eigenvalue weighted by atomic mass is 9.77. The largest absolute Gasteiger partial charge is 0.479 e. The maximum absolute atomic E-state index is 12.8. The molecule has 0 aliphatic carbocycles. The van der Waals surface area contributed by atoms with Crippen molar-refractivity contribution in [2.45, 2.75) is 65.8 Å². The zero-order valence-electron chi connectivity index (χ0n) is 20.2. The first-order valence-electron chi connectivity index (χ1n) is 11.0. The van der Waals surface area contributed by atoms with Crippen LogP contribution in [0, 0.1) is 11.3 Å². The molecule has 3 atom stereocenters. The third-order valence-electron chi connectivity index (χ3n) is 5.10. The van der Waals surface area contributed by atoms with E-state index in [1.807, 2.05) is 13.8 Å². The van der Waals surface area contributed by atoms with Crippen molar-refractivity contribution < 1.29 is 41.9 Å². The van der Waals surface area contributed by atoms with E-state index in [0.717, 1.165) is 0 Å². The van der Waals surface area contributed by atoms with Gasteiger partial charge in [0.1, 0.15) is 6.10 Å². The van der Waals surface area contributed by atoms with Crippen LogP contribution in [0.3, 0.4) is 0 Å². The number of ether oxygens (including phenoxy) is 1. The summed E-state index contributed by atoms with van der Waals surface area (Å²) < 4.78 is 36.7. The topological polar surface area (TPSA) is 156 Å². The molecule has 0 saturated heterocycles. The Kier molecular flexibility index (Phi) is 11.1. The number of carboxylic acid groups (broad SMARTS) is 1. The molecular formula is C23H35NO9S. The van der Waals surface area contributed by atoms with E-state index in [9.17, 15) is 33.0 Å². The summed E-state index contributed by atoms with van der Waals surface area (Å²) in [6, 6.07) is 8.20. The molecule has 10 nitrogen and oxygen atoms in total. The lowest BCUT2D eigenvalue weighted by Gasteiger charge is -2.39. The van der Waals surface area contributed by atoms with Crippen LogP contribution in [0.4, 0.5) is 0 Å². The van der Waals surface area contributed by atoms with Gasteiger partial charge >= 0.3 is 11.9 Å². The standard InChI is InChI=1S/C23H35NO9S/c1-15(2)14-18(26)32-19(17-10-7-6-8-11-17)21(23(4,5)20(27)22(28)29)33-34(30,31)13-9-12-24-16(3)25/h6-8,10-11,15,19-21,27H,9,12-14H2,1-5H3,(H,24,25)(H,28,29)/t19?,20-,21?/m0/s1. The molecule has 0 spiro atoms. The number of amides is 1. The molecule has 3 N–H and O–H groups in total. The highest BCUT2D eigenvalue weighted by molar-refractivity contribution is 7.86. The lowest BCUT2D eigenvalue weighted by Crippen LogP contribution is -2.50. The number of nitrogens with one attached hydrogen (secondary N) is 1. The highest BCUT2D eigenvalue weighted by Gasteiger charge is 2.49. The minimum Gasteiger partial charge on any atom is -0.479 e. The molecule has 1 rings (SSSR count). The smallest absolute Gasteiger partial charge is 0.333 e. The van der Waals surface area contributed by atoms with E-state index in [0.29, 0.717) is 5.56 Å². The Bertz CT molecular complexity index is 929. The number of esters is 1. The van der Waals surface area contributed by atoms with Crippen molar-refractivity contribution in [2.24, 2.45) is 11.3 Å². The zero-order valence-corrected chi connectivity index (χ0v) is 21.0. The van der Waals surface area contributed by atoms with Crippen molar-refractivity contribution in [3.8, 4) is 0 Å². The van der Waals surface area contributed by atoms with Gasteiger partial charge in [0.05, 0.1) is 5.75 Å². The molecule has 1 aromatic carbocycles. The average Bonchev–Trinajstić information content (AvgIpc) is 2.73. The monoisotopic (exact) mass is 501 g/mol. The van der Waals surface area contributed by atoms with Gasteiger partial charge in [0.25, 0.3) is 10.1 Å². The van der Waals surface area contributed by atoms with Gasteiger partial charge in [0.15, 0.2) is 12.2 Å². The quantitative estimate of drug-likeness (QED) is 0.197. The summed E-state index contributed by atoms with van der Waals surface area (Å²) in [6.07, 6.45) is -4.83. The fourth-order valence-corrected chi connectivity index (χ4v) is 4.49. The van der Waals surface area contributed by atoms with Crippen molar-refractivity contribution in [3.63, 3.8) is 0 Å². The SMILES string of the molecule is CC(=O)NCCCS(=O)(=O)OC(C(OC(=O)CC(C)C)c1ccccc1)C(C)(C)[C@@H](O)C(=O)O. The first kappa shape index (κ1) is 29.5. The second-order valence-corrected chi connectivity index (χ2v) is 10.8. The lowest BCUT2D eigenvalue weighted by molar-refractivity contribution is -0.172. The Labute approximate surface area is 200 Å². The van der Waals surface area contributed by atoms with Gasteiger partial charge in [0, 0.05) is 25.3 Å². The number of hydrogen-bond acceptors (Lipinski definition) is 8. The number of carboxylic acids is 1. The molecule has 0 aromatic heterocycles. The Morgan fingerprint density at radius 3 is 2.21 bits per heavy atom. The van der Waals surface area contributed by atoms with Crippen molar-refractivity contribution in [1.82, 2.24) is 5.32 Å². The second kappa shape index (κ2) is 12.8. The molecular weight excluding hydrogens is 466 g/mol. The van der Waals surface area contributed by atoms with Crippen LogP contribution in [0.25, 0.3) is 0 Å². The number of carbonyl (C=O) groups is 3. The molecule has 0 bridgehead atoms. The summed E-state index contributed by atoms with van der Waals surface area (Å²) in [5.74, 6) is -3.05. The van der Waals surface area contributed by atoms with Crippen molar-refractivity contribution >= 4 is 28.0 Å². The predicted molar refractivity (Wildman–Crippen MR) is 124 cm³/mol. The summed E-state index contributed by atoms with van der Waals surface area (Å²) in [5, 5.41) is 22.3. The first-order chi connectivity index (χ1) is 15.7. The van der Waals surface area contributed by atoms with Crippen LogP contribution in [0.2, 0.25) is 0 Å². The molecule has 0 heterocycles. The predicted octanol–water partition coefficient (Wildman–Crippen LogP) is 2.03. The Balaban J connectivity index is 3.41. The minimum absolute atomic E-state index is 0.0414. The van der Waals surface area contributed by atoms with E-state index in [4.69, 9.17) is 8.92 Å². The van der Waals surface area contributed by atoms with Gasteiger partial charge in [-0.15, -0.1) is 0 Å². The fraction of sp³-hybridized carbons (Fsp3) is 0.609. The van der Waals surface area contributed by atoms with Gasteiger partial charge in [-0.2, -0.15) is 8.42 Å². The highest BCUT2D eigenvalue weighted by atomic mass is 32.2. The third kappa shape index (κ3) is 9.40. The molecule has 1 aromatic rings. The van der Waals surface area contributed by atoms with Gasteiger partial charge in [-0.3, -0.25) is 13.8 Å². The molecule has 2 unspecified atom stereocenters. The molecule has 0 fully saturated rings. The van der Waals surface area contributed by atoms with E-state index in [-0.39, 0.29) is 31.2 Å². The summed E-state index contributed by atoms with van der Waals surface area (Å²) in [6.45, 7) is 7.67. The van der Waals surface area contributed by atoms with Gasteiger partial charge in [-0.05, 0) is 17.9 Å². The van der Waals surface area contributed by atoms with Crippen LogP contribution in [0.15, 0.2) is 30.3 Å². The Morgan fingerprint density at radius 2 is 1.71 bits per heavy atom.